The lowest BCUT2D eigenvalue weighted by Crippen LogP contribution is -2.52. The van der Waals surface area contributed by atoms with Crippen LogP contribution in [0.4, 0.5) is 5.00 Å². The minimum absolute atomic E-state index is 0.112. The van der Waals surface area contributed by atoms with Crippen LogP contribution in [0, 0.1) is 11.3 Å². The van der Waals surface area contributed by atoms with Gasteiger partial charge in [0, 0.05) is 13.3 Å². The van der Waals surface area contributed by atoms with Gasteiger partial charge in [0.25, 0.3) is 5.91 Å². The summed E-state index contributed by atoms with van der Waals surface area (Å²) in [7, 11) is 0. The van der Waals surface area contributed by atoms with Gasteiger partial charge in [0.1, 0.15) is 22.0 Å². The Morgan fingerprint density at radius 1 is 1.45 bits per heavy atom. The van der Waals surface area contributed by atoms with Gasteiger partial charge in [-0.3, -0.25) is 24.5 Å². The summed E-state index contributed by atoms with van der Waals surface area (Å²) in [6.07, 6.45) is 0.351. The topological polar surface area (TPSA) is 128 Å². The van der Waals surface area contributed by atoms with Crippen molar-refractivity contribution < 1.29 is 19.2 Å². The number of rotatable bonds is 3. The SMILES string of the molecule is CC(=O)Nc1sc(C#N)cc1C(=O)NC1CCC(=O)NC1=O. The molecular formula is C13H12N4O4S. The van der Waals surface area contributed by atoms with Crippen molar-refractivity contribution >= 4 is 40.0 Å². The fraction of sp³-hybridized carbons (Fsp3) is 0.308. The van der Waals surface area contributed by atoms with E-state index in [0.717, 1.165) is 11.3 Å². The first-order valence-corrected chi connectivity index (χ1v) is 7.18. The number of nitrogens with one attached hydrogen (secondary N) is 3. The van der Waals surface area contributed by atoms with Crippen LogP contribution in [0.5, 0.6) is 0 Å². The van der Waals surface area contributed by atoms with Crippen molar-refractivity contribution in [3.63, 3.8) is 0 Å². The Labute approximate surface area is 129 Å². The Hall–Kier alpha value is -2.73. The number of thiophene rings is 1. The van der Waals surface area contributed by atoms with Crippen LogP contribution in [-0.4, -0.2) is 29.7 Å². The van der Waals surface area contributed by atoms with Crippen molar-refractivity contribution in [3.05, 3.63) is 16.5 Å². The molecule has 1 saturated heterocycles. The molecule has 1 atom stereocenters. The first-order chi connectivity index (χ1) is 10.4. The lowest BCUT2D eigenvalue weighted by molar-refractivity contribution is -0.134. The predicted octanol–water partition coefficient (Wildman–Crippen LogP) is 0.113. The molecule has 0 radical (unpaired) electrons. The molecule has 0 saturated carbocycles. The number of carbonyl (C=O) groups is 4. The fourth-order valence-electron chi connectivity index (χ4n) is 1.93. The van der Waals surface area contributed by atoms with Crippen LogP contribution in [0.1, 0.15) is 35.0 Å². The van der Waals surface area contributed by atoms with Gasteiger partial charge in [-0.25, -0.2) is 0 Å². The Bertz CT molecular complexity index is 703. The van der Waals surface area contributed by atoms with Crippen molar-refractivity contribution in [1.29, 1.82) is 5.26 Å². The maximum Gasteiger partial charge on any atom is 0.254 e. The quantitative estimate of drug-likeness (QED) is 0.681. The molecule has 1 aromatic heterocycles. The molecule has 114 valence electrons. The van der Waals surface area contributed by atoms with Crippen molar-refractivity contribution in [3.8, 4) is 6.07 Å². The van der Waals surface area contributed by atoms with Gasteiger partial charge < -0.3 is 10.6 Å². The molecule has 0 aromatic carbocycles. The summed E-state index contributed by atoms with van der Waals surface area (Å²) >= 11 is 0.971. The molecule has 4 amide bonds. The number of hydrogen-bond donors (Lipinski definition) is 3. The van der Waals surface area contributed by atoms with Crippen LogP contribution < -0.4 is 16.0 Å². The summed E-state index contributed by atoms with van der Waals surface area (Å²) < 4.78 is 0. The maximum atomic E-state index is 12.2. The van der Waals surface area contributed by atoms with Gasteiger partial charge >= 0.3 is 0 Å². The van der Waals surface area contributed by atoms with E-state index in [0.29, 0.717) is 0 Å². The van der Waals surface area contributed by atoms with E-state index in [4.69, 9.17) is 5.26 Å². The molecule has 2 rings (SSSR count). The maximum absolute atomic E-state index is 12.2. The van der Waals surface area contributed by atoms with Crippen LogP contribution in [0.15, 0.2) is 6.07 Å². The Morgan fingerprint density at radius 3 is 2.77 bits per heavy atom. The minimum atomic E-state index is -0.819. The standard InChI is InChI=1S/C13H12N4O4S/c1-6(18)15-13-8(4-7(5-14)22-13)11(20)16-9-2-3-10(19)17-12(9)21/h4,9H,2-3H2,1H3,(H,15,18)(H,16,20)(H,17,19,21). The largest absolute Gasteiger partial charge is 0.340 e. The summed E-state index contributed by atoms with van der Waals surface area (Å²) in [4.78, 5) is 46.3. The van der Waals surface area contributed by atoms with E-state index in [-0.39, 0.29) is 40.1 Å². The zero-order valence-electron chi connectivity index (χ0n) is 11.6. The van der Waals surface area contributed by atoms with E-state index in [9.17, 15) is 19.2 Å². The molecule has 8 nitrogen and oxygen atoms in total. The van der Waals surface area contributed by atoms with Gasteiger partial charge in [-0.2, -0.15) is 5.26 Å². The second-order valence-electron chi connectivity index (χ2n) is 4.62. The summed E-state index contributed by atoms with van der Waals surface area (Å²) in [5.74, 6) is -1.91. The number of piperidine rings is 1. The molecular weight excluding hydrogens is 308 g/mol. The number of imide groups is 1. The number of hydrogen-bond acceptors (Lipinski definition) is 6. The number of carbonyl (C=O) groups excluding carboxylic acids is 4. The summed E-state index contributed by atoms with van der Waals surface area (Å²) in [5, 5.41) is 16.3. The molecule has 3 N–H and O–H groups in total. The van der Waals surface area contributed by atoms with Crippen molar-refractivity contribution in [2.75, 3.05) is 5.32 Å². The number of nitrogens with zero attached hydrogens (tertiary/aromatic N) is 1. The van der Waals surface area contributed by atoms with Gasteiger partial charge in [0.15, 0.2) is 0 Å². The van der Waals surface area contributed by atoms with Crippen LogP contribution in [-0.2, 0) is 14.4 Å². The summed E-state index contributed by atoms with van der Waals surface area (Å²) in [6, 6.07) is 2.42. The first-order valence-electron chi connectivity index (χ1n) is 6.36. The average molecular weight is 320 g/mol. The molecule has 0 spiro atoms. The van der Waals surface area contributed by atoms with E-state index in [1.165, 1.54) is 13.0 Å². The van der Waals surface area contributed by atoms with Gasteiger partial charge in [-0.1, -0.05) is 0 Å². The van der Waals surface area contributed by atoms with Crippen LogP contribution in [0.25, 0.3) is 0 Å². The van der Waals surface area contributed by atoms with Crippen LogP contribution in [0.3, 0.4) is 0 Å². The van der Waals surface area contributed by atoms with E-state index in [1.807, 2.05) is 6.07 Å². The van der Waals surface area contributed by atoms with Gasteiger partial charge in [-0.05, 0) is 12.5 Å². The smallest absolute Gasteiger partial charge is 0.254 e. The number of amides is 4. The third-order valence-electron chi connectivity index (χ3n) is 2.92. The molecule has 1 aliphatic heterocycles. The molecule has 1 aromatic rings. The van der Waals surface area contributed by atoms with E-state index < -0.39 is 17.9 Å². The summed E-state index contributed by atoms with van der Waals surface area (Å²) in [6.45, 7) is 1.29. The molecule has 22 heavy (non-hydrogen) atoms. The zero-order chi connectivity index (χ0) is 16.3. The van der Waals surface area contributed by atoms with E-state index in [1.54, 1.807) is 0 Å². The molecule has 9 heteroatoms. The molecule has 0 aliphatic carbocycles. The van der Waals surface area contributed by atoms with Gasteiger partial charge in [0.2, 0.25) is 17.7 Å². The molecule has 0 bridgehead atoms. The van der Waals surface area contributed by atoms with Crippen LogP contribution >= 0.6 is 11.3 Å². The minimum Gasteiger partial charge on any atom is -0.340 e. The fourth-order valence-corrected chi connectivity index (χ4v) is 2.83. The van der Waals surface area contributed by atoms with E-state index in [2.05, 4.69) is 16.0 Å². The third-order valence-corrected chi connectivity index (χ3v) is 3.88. The van der Waals surface area contributed by atoms with Crippen molar-refractivity contribution in [2.45, 2.75) is 25.8 Å². The monoisotopic (exact) mass is 320 g/mol. The normalized spacial score (nSPS) is 17.4. The molecule has 1 unspecified atom stereocenters. The van der Waals surface area contributed by atoms with Crippen molar-refractivity contribution in [1.82, 2.24) is 10.6 Å². The highest BCUT2D eigenvalue weighted by molar-refractivity contribution is 7.17. The molecule has 1 aliphatic rings. The predicted molar refractivity (Wildman–Crippen MR) is 77.0 cm³/mol. The number of anilines is 1. The Kier molecular flexibility index (Phi) is 4.53. The molecule has 2 heterocycles. The number of nitriles is 1. The highest BCUT2D eigenvalue weighted by atomic mass is 32.1. The zero-order valence-corrected chi connectivity index (χ0v) is 12.4. The average Bonchev–Trinajstić information content (AvgIpc) is 2.84. The van der Waals surface area contributed by atoms with E-state index >= 15 is 0 Å². The van der Waals surface area contributed by atoms with Crippen LogP contribution in [0.2, 0.25) is 0 Å². The first kappa shape index (κ1) is 15.7. The Balaban J connectivity index is 2.17. The van der Waals surface area contributed by atoms with Gasteiger partial charge in [-0.15, -0.1) is 11.3 Å². The lowest BCUT2D eigenvalue weighted by Gasteiger charge is -2.21. The second kappa shape index (κ2) is 6.36. The summed E-state index contributed by atoms with van der Waals surface area (Å²) in [5.41, 5.74) is 0.112. The third kappa shape index (κ3) is 3.48. The highest BCUT2D eigenvalue weighted by Gasteiger charge is 2.29. The van der Waals surface area contributed by atoms with Gasteiger partial charge in [0.05, 0.1) is 5.56 Å². The molecule has 1 fully saturated rings. The highest BCUT2D eigenvalue weighted by Crippen LogP contribution is 2.27. The Morgan fingerprint density at radius 2 is 2.18 bits per heavy atom. The van der Waals surface area contributed by atoms with Crippen molar-refractivity contribution in [2.24, 2.45) is 0 Å². The second-order valence-corrected chi connectivity index (χ2v) is 5.68. The lowest BCUT2D eigenvalue weighted by atomic mass is 10.1.